The summed E-state index contributed by atoms with van der Waals surface area (Å²) in [5, 5.41) is 11.2. The number of aromatic nitrogens is 3. The van der Waals surface area contributed by atoms with Gasteiger partial charge in [-0.2, -0.15) is 0 Å². The summed E-state index contributed by atoms with van der Waals surface area (Å²) >= 11 is 0. The Bertz CT molecular complexity index is 702. The SMILES string of the molecule is COc1ccc(-n2nnc(C(=O)NC3CCC(N)CC3)c2C)cc1. The van der Waals surface area contributed by atoms with Gasteiger partial charge in [0.1, 0.15) is 5.75 Å². The van der Waals surface area contributed by atoms with E-state index in [1.807, 2.05) is 31.2 Å². The number of carbonyl (C=O) groups excluding carboxylic acids is 1. The van der Waals surface area contributed by atoms with Crippen molar-refractivity contribution in [2.24, 2.45) is 5.73 Å². The van der Waals surface area contributed by atoms with Gasteiger partial charge in [-0.3, -0.25) is 4.79 Å². The van der Waals surface area contributed by atoms with Gasteiger partial charge in [-0.05, 0) is 56.9 Å². The van der Waals surface area contributed by atoms with Crippen LogP contribution >= 0.6 is 0 Å². The second-order valence-corrected chi connectivity index (χ2v) is 6.22. The molecule has 0 atom stereocenters. The molecule has 0 unspecified atom stereocenters. The predicted octanol–water partition coefficient (Wildman–Crippen LogP) is 1.58. The van der Waals surface area contributed by atoms with E-state index in [4.69, 9.17) is 10.5 Å². The fourth-order valence-electron chi connectivity index (χ4n) is 3.02. The number of rotatable bonds is 4. The number of methoxy groups -OCH3 is 1. The van der Waals surface area contributed by atoms with Gasteiger partial charge in [-0.25, -0.2) is 4.68 Å². The molecular formula is C17H23N5O2. The first-order chi connectivity index (χ1) is 11.6. The van der Waals surface area contributed by atoms with Crippen LogP contribution in [0.25, 0.3) is 5.69 Å². The van der Waals surface area contributed by atoms with Crippen LogP contribution < -0.4 is 15.8 Å². The van der Waals surface area contributed by atoms with Gasteiger partial charge in [0, 0.05) is 12.1 Å². The van der Waals surface area contributed by atoms with Gasteiger partial charge in [0.2, 0.25) is 0 Å². The Morgan fingerprint density at radius 1 is 1.25 bits per heavy atom. The summed E-state index contributed by atoms with van der Waals surface area (Å²) in [6, 6.07) is 7.89. The summed E-state index contributed by atoms with van der Waals surface area (Å²) in [6.07, 6.45) is 3.72. The van der Waals surface area contributed by atoms with E-state index in [0.29, 0.717) is 11.4 Å². The maximum absolute atomic E-state index is 12.5. The number of hydrogen-bond acceptors (Lipinski definition) is 5. The molecule has 0 aliphatic heterocycles. The van der Waals surface area contributed by atoms with Gasteiger partial charge in [-0.15, -0.1) is 5.10 Å². The number of benzene rings is 1. The van der Waals surface area contributed by atoms with Crippen LogP contribution in [0.15, 0.2) is 24.3 Å². The van der Waals surface area contributed by atoms with Crippen molar-refractivity contribution in [3.8, 4) is 11.4 Å². The molecule has 1 heterocycles. The minimum Gasteiger partial charge on any atom is -0.497 e. The molecule has 7 heteroatoms. The third-order valence-corrected chi connectivity index (χ3v) is 4.53. The van der Waals surface area contributed by atoms with Crippen LogP contribution in [0, 0.1) is 6.92 Å². The van der Waals surface area contributed by atoms with E-state index in [1.165, 1.54) is 0 Å². The second-order valence-electron chi connectivity index (χ2n) is 6.22. The highest BCUT2D eigenvalue weighted by Crippen LogP contribution is 2.19. The first-order valence-electron chi connectivity index (χ1n) is 8.21. The molecule has 1 aromatic carbocycles. The molecule has 2 aromatic rings. The van der Waals surface area contributed by atoms with Crippen LogP contribution in [0.3, 0.4) is 0 Å². The molecule has 0 radical (unpaired) electrons. The van der Waals surface area contributed by atoms with E-state index >= 15 is 0 Å². The van der Waals surface area contributed by atoms with E-state index in [9.17, 15) is 4.79 Å². The number of nitrogens with two attached hydrogens (primary N) is 1. The third kappa shape index (κ3) is 3.41. The average Bonchev–Trinajstić information content (AvgIpc) is 2.98. The lowest BCUT2D eigenvalue weighted by atomic mass is 9.92. The number of hydrogen-bond donors (Lipinski definition) is 2. The van der Waals surface area contributed by atoms with Crippen LogP contribution in [0.4, 0.5) is 0 Å². The zero-order valence-corrected chi connectivity index (χ0v) is 14.0. The maximum Gasteiger partial charge on any atom is 0.273 e. The van der Waals surface area contributed by atoms with Crippen LogP contribution in [-0.2, 0) is 0 Å². The Balaban J connectivity index is 1.72. The number of nitrogens with one attached hydrogen (secondary N) is 1. The highest BCUT2D eigenvalue weighted by Gasteiger charge is 2.23. The van der Waals surface area contributed by atoms with Crippen molar-refractivity contribution in [3.05, 3.63) is 35.7 Å². The van der Waals surface area contributed by atoms with Crippen molar-refractivity contribution in [2.75, 3.05) is 7.11 Å². The standard InChI is InChI=1S/C17H23N5O2/c1-11-16(17(23)19-13-5-3-12(18)4-6-13)20-21-22(11)14-7-9-15(24-2)10-8-14/h7-10,12-13H,3-6,18H2,1-2H3,(H,19,23). The first kappa shape index (κ1) is 16.4. The molecule has 0 saturated heterocycles. The zero-order chi connectivity index (χ0) is 17.1. The van der Waals surface area contributed by atoms with Gasteiger partial charge < -0.3 is 15.8 Å². The van der Waals surface area contributed by atoms with Gasteiger partial charge >= 0.3 is 0 Å². The van der Waals surface area contributed by atoms with E-state index in [0.717, 1.165) is 37.1 Å². The molecule has 3 N–H and O–H groups in total. The van der Waals surface area contributed by atoms with Crippen LogP contribution in [-0.4, -0.2) is 40.1 Å². The maximum atomic E-state index is 12.5. The molecule has 1 fully saturated rings. The van der Waals surface area contributed by atoms with Crippen molar-refractivity contribution in [3.63, 3.8) is 0 Å². The molecular weight excluding hydrogens is 306 g/mol. The van der Waals surface area contributed by atoms with Crippen molar-refractivity contribution in [2.45, 2.75) is 44.7 Å². The summed E-state index contributed by atoms with van der Waals surface area (Å²) < 4.78 is 6.81. The summed E-state index contributed by atoms with van der Waals surface area (Å²) in [4.78, 5) is 12.5. The van der Waals surface area contributed by atoms with Crippen molar-refractivity contribution in [1.29, 1.82) is 0 Å². The molecule has 0 spiro atoms. The summed E-state index contributed by atoms with van der Waals surface area (Å²) in [5.41, 5.74) is 7.82. The monoisotopic (exact) mass is 329 g/mol. The molecule has 1 aromatic heterocycles. The van der Waals surface area contributed by atoms with E-state index < -0.39 is 0 Å². The second kappa shape index (κ2) is 7.00. The van der Waals surface area contributed by atoms with E-state index in [-0.39, 0.29) is 18.0 Å². The Morgan fingerprint density at radius 2 is 1.92 bits per heavy atom. The molecule has 128 valence electrons. The smallest absolute Gasteiger partial charge is 0.273 e. The minimum absolute atomic E-state index is 0.169. The highest BCUT2D eigenvalue weighted by atomic mass is 16.5. The molecule has 7 nitrogen and oxygen atoms in total. The van der Waals surface area contributed by atoms with Gasteiger partial charge in [0.05, 0.1) is 18.5 Å². The molecule has 24 heavy (non-hydrogen) atoms. The summed E-state index contributed by atoms with van der Waals surface area (Å²) in [7, 11) is 1.62. The average molecular weight is 329 g/mol. The summed E-state index contributed by atoms with van der Waals surface area (Å²) in [6.45, 7) is 1.84. The first-order valence-corrected chi connectivity index (χ1v) is 8.21. The van der Waals surface area contributed by atoms with Crippen molar-refractivity contribution in [1.82, 2.24) is 20.3 Å². The molecule has 0 bridgehead atoms. The number of ether oxygens (including phenoxy) is 1. The van der Waals surface area contributed by atoms with Gasteiger partial charge in [-0.1, -0.05) is 5.21 Å². The van der Waals surface area contributed by atoms with Crippen LogP contribution in [0.2, 0.25) is 0 Å². The molecule has 1 aliphatic rings. The molecule has 1 saturated carbocycles. The number of carbonyl (C=O) groups is 1. The van der Waals surface area contributed by atoms with Gasteiger partial charge in [0.15, 0.2) is 5.69 Å². The topological polar surface area (TPSA) is 95.1 Å². The lowest BCUT2D eigenvalue weighted by Gasteiger charge is -2.26. The van der Waals surface area contributed by atoms with Crippen molar-refractivity contribution < 1.29 is 9.53 Å². The lowest BCUT2D eigenvalue weighted by Crippen LogP contribution is -2.40. The van der Waals surface area contributed by atoms with Crippen molar-refractivity contribution >= 4 is 5.91 Å². The Labute approximate surface area is 141 Å². The quantitative estimate of drug-likeness (QED) is 0.888. The minimum atomic E-state index is -0.173. The fraction of sp³-hybridized carbons (Fsp3) is 0.471. The molecule has 1 amide bonds. The molecule has 1 aliphatic carbocycles. The van der Waals surface area contributed by atoms with Crippen LogP contribution in [0.5, 0.6) is 5.75 Å². The Morgan fingerprint density at radius 3 is 2.54 bits per heavy atom. The third-order valence-electron chi connectivity index (χ3n) is 4.53. The lowest BCUT2D eigenvalue weighted by molar-refractivity contribution is 0.0920. The largest absolute Gasteiger partial charge is 0.497 e. The Kier molecular flexibility index (Phi) is 4.80. The van der Waals surface area contributed by atoms with Crippen LogP contribution in [0.1, 0.15) is 41.9 Å². The fourth-order valence-corrected chi connectivity index (χ4v) is 3.02. The highest BCUT2D eigenvalue weighted by molar-refractivity contribution is 5.93. The zero-order valence-electron chi connectivity index (χ0n) is 14.0. The number of nitrogens with zero attached hydrogens (tertiary/aromatic N) is 3. The normalized spacial score (nSPS) is 20.6. The summed E-state index contributed by atoms with van der Waals surface area (Å²) in [5.74, 6) is 0.595. The van der Waals surface area contributed by atoms with E-state index in [1.54, 1.807) is 11.8 Å². The van der Waals surface area contributed by atoms with E-state index in [2.05, 4.69) is 15.6 Å². The number of amides is 1. The predicted molar refractivity (Wildman–Crippen MR) is 90.3 cm³/mol. The molecule has 3 rings (SSSR count). The van der Waals surface area contributed by atoms with Gasteiger partial charge in [0.25, 0.3) is 5.91 Å². The Hall–Kier alpha value is -2.41.